The molecule has 4 rings (SSSR count). The summed E-state index contributed by atoms with van der Waals surface area (Å²) in [6.07, 6.45) is 1.73. The van der Waals surface area contributed by atoms with Gasteiger partial charge in [0.05, 0.1) is 17.6 Å². The minimum atomic E-state index is -3.50. The summed E-state index contributed by atoms with van der Waals surface area (Å²) in [6, 6.07) is 16.1. The van der Waals surface area contributed by atoms with Crippen LogP contribution in [-0.4, -0.2) is 48.8 Å². The lowest BCUT2D eigenvalue weighted by molar-refractivity contribution is 0.168. The van der Waals surface area contributed by atoms with Crippen LogP contribution >= 0.6 is 11.6 Å². The molecule has 146 valence electrons. The number of halogens is 1. The molecule has 0 saturated carbocycles. The van der Waals surface area contributed by atoms with Crippen molar-refractivity contribution in [3.8, 4) is 11.3 Å². The van der Waals surface area contributed by atoms with Gasteiger partial charge in [-0.25, -0.2) is 13.4 Å². The summed E-state index contributed by atoms with van der Waals surface area (Å²) < 4.78 is 32.9. The fraction of sp³-hybridized carbons (Fsp3) is 0.250. The Kier molecular flexibility index (Phi) is 5.50. The summed E-state index contributed by atoms with van der Waals surface area (Å²) in [5.74, 6) is 1.37. The van der Waals surface area contributed by atoms with Gasteiger partial charge in [0.15, 0.2) is 5.76 Å². The molecule has 28 heavy (non-hydrogen) atoms. The number of rotatable bonds is 5. The maximum absolute atomic E-state index is 12.8. The first kappa shape index (κ1) is 19.1. The van der Waals surface area contributed by atoms with Gasteiger partial charge in [-0.1, -0.05) is 41.9 Å². The van der Waals surface area contributed by atoms with E-state index in [0.29, 0.717) is 43.6 Å². The zero-order chi connectivity index (χ0) is 19.6. The van der Waals surface area contributed by atoms with E-state index in [-0.39, 0.29) is 4.90 Å². The summed E-state index contributed by atoms with van der Waals surface area (Å²) in [7, 11) is -3.50. The Bertz CT molecular complexity index is 1030. The molecule has 0 spiro atoms. The Balaban J connectivity index is 1.37. The number of oxazole rings is 1. The molecule has 1 fully saturated rings. The molecule has 0 unspecified atom stereocenters. The third-order valence-corrected chi connectivity index (χ3v) is 6.92. The average Bonchev–Trinajstić information content (AvgIpc) is 3.18. The van der Waals surface area contributed by atoms with E-state index in [2.05, 4.69) is 9.88 Å². The normalized spacial score (nSPS) is 16.3. The van der Waals surface area contributed by atoms with Crippen molar-refractivity contribution in [1.29, 1.82) is 0 Å². The number of nitrogens with zero attached hydrogens (tertiary/aromatic N) is 3. The van der Waals surface area contributed by atoms with Gasteiger partial charge in [0.1, 0.15) is 0 Å². The predicted octanol–water partition coefficient (Wildman–Crippen LogP) is 3.50. The van der Waals surface area contributed by atoms with Gasteiger partial charge in [-0.2, -0.15) is 4.31 Å². The van der Waals surface area contributed by atoms with Gasteiger partial charge in [-0.05, 0) is 24.3 Å². The minimum absolute atomic E-state index is 0.269. The summed E-state index contributed by atoms with van der Waals surface area (Å²) in [5.41, 5.74) is 0.986. The monoisotopic (exact) mass is 417 g/mol. The van der Waals surface area contributed by atoms with Crippen molar-refractivity contribution in [2.45, 2.75) is 11.4 Å². The molecule has 1 saturated heterocycles. The van der Waals surface area contributed by atoms with E-state index in [0.717, 1.165) is 11.3 Å². The Morgan fingerprint density at radius 2 is 1.64 bits per heavy atom. The molecule has 3 aromatic rings. The molecule has 6 nitrogen and oxygen atoms in total. The first-order valence-corrected chi connectivity index (χ1v) is 10.8. The molecule has 0 aliphatic carbocycles. The minimum Gasteiger partial charge on any atom is -0.439 e. The lowest BCUT2D eigenvalue weighted by atomic mass is 10.2. The molecule has 1 aromatic heterocycles. The van der Waals surface area contributed by atoms with Gasteiger partial charge >= 0.3 is 0 Å². The molecule has 2 heterocycles. The molecule has 0 radical (unpaired) electrons. The SMILES string of the molecule is O=S(=O)(c1ccc(Cl)cc1)N1CCN(Cc2ncc(-c3ccccc3)o2)CC1. The van der Waals surface area contributed by atoms with Crippen LogP contribution in [0.1, 0.15) is 5.89 Å². The zero-order valence-corrected chi connectivity index (χ0v) is 16.7. The van der Waals surface area contributed by atoms with Gasteiger partial charge in [0, 0.05) is 36.8 Å². The molecule has 2 aromatic carbocycles. The van der Waals surface area contributed by atoms with Crippen molar-refractivity contribution < 1.29 is 12.8 Å². The van der Waals surface area contributed by atoms with Crippen LogP contribution in [0.3, 0.4) is 0 Å². The lowest BCUT2D eigenvalue weighted by Crippen LogP contribution is -2.48. The maximum atomic E-state index is 12.8. The van der Waals surface area contributed by atoms with E-state index in [4.69, 9.17) is 16.0 Å². The highest BCUT2D eigenvalue weighted by Crippen LogP contribution is 2.22. The Hall–Kier alpha value is -2.19. The third-order valence-electron chi connectivity index (χ3n) is 4.75. The zero-order valence-electron chi connectivity index (χ0n) is 15.2. The van der Waals surface area contributed by atoms with Crippen molar-refractivity contribution in [1.82, 2.24) is 14.2 Å². The summed E-state index contributed by atoms with van der Waals surface area (Å²) >= 11 is 5.85. The summed E-state index contributed by atoms with van der Waals surface area (Å²) in [4.78, 5) is 6.77. The lowest BCUT2D eigenvalue weighted by Gasteiger charge is -2.33. The van der Waals surface area contributed by atoms with Crippen LogP contribution in [-0.2, 0) is 16.6 Å². The van der Waals surface area contributed by atoms with Gasteiger partial charge in [-0.15, -0.1) is 0 Å². The summed E-state index contributed by atoms with van der Waals surface area (Å²) in [5, 5.41) is 0.518. The van der Waals surface area contributed by atoms with E-state index in [1.807, 2.05) is 30.3 Å². The molecular formula is C20H20ClN3O3S. The standard InChI is InChI=1S/C20H20ClN3O3S/c21-17-6-8-18(9-7-17)28(25,26)24-12-10-23(11-13-24)15-20-22-14-19(27-20)16-4-2-1-3-5-16/h1-9,14H,10-13,15H2. The second kappa shape index (κ2) is 8.05. The Morgan fingerprint density at radius 1 is 0.964 bits per heavy atom. The number of aromatic nitrogens is 1. The van der Waals surface area contributed by atoms with Crippen LogP contribution < -0.4 is 0 Å². The predicted molar refractivity (Wildman–Crippen MR) is 107 cm³/mol. The largest absolute Gasteiger partial charge is 0.439 e. The maximum Gasteiger partial charge on any atom is 0.243 e. The van der Waals surface area contributed by atoms with E-state index in [1.165, 1.54) is 4.31 Å². The molecular weight excluding hydrogens is 398 g/mol. The van der Waals surface area contributed by atoms with E-state index in [9.17, 15) is 8.42 Å². The second-order valence-corrected chi connectivity index (χ2v) is 8.99. The van der Waals surface area contributed by atoms with Crippen molar-refractivity contribution in [2.75, 3.05) is 26.2 Å². The summed E-state index contributed by atoms with van der Waals surface area (Å²) in [6.45, 7) is 2.65. The van der Waals surface area contributed by atoms with Crippen LogP contribution in [0.4, 0.5) is 0 Å². The number of piperazine rings is 1. The van der Waals surface area contributed by atoms with Gasteiger partial charge in [0.25, 0.3) is 0 Å². The smallest absolute Gasteiger partial charge is 0.243 e. The number of benzene rings is 2. The quantitative estimate of drug-likeness (QED) is 0.635. The van der Waals surface area contributed by atoms with Crippen molar-refractivity contribution in [2.24, 2.45) is 0 Å². The van der Waals surface area contributed by atoms with Gasteiger partial charge in [-0.3, -0.25) is 4.90 Å². The fourth-order valence-electron chi connectivity index (χ4n) is 3.19. The van der Waals surface area contributed by atoms with Crippen LogP contribution in [0, 0.1) is 0 Å². The third kappa shape index (κ3) is 4.12. The Labute approximate surface area is 169 Å². The highest BCUT2D eigenvalue weighted by Gasteiger charge is 2.28. The number of hydrogen-bond donors (Lipinski definition) is 0. The van der Waals surface area contributed by atoms with Gasteiger partial charge in [0.2, 0.25) is 15.9 Å². The van der Waals surface area contributed by atoms with Crippen LogP contribution in [0.2, 0.25) is 5.02 Å². The second-order valence-electron chi connectivity index (χ2n) is 6.62. The van der Waals surface area contributed by atoms with Crippen molar-refractivity contribution in [3.63, 3.8) is 0 Å². The highest BCUT2D eigenvalue weighted by atomic mass is 35.5. The first-order chi connectivity index (χ1) is 13.5. The van der Waals surface area contributed by atoms with E-state index >= 15 is 0 Å². The van der Waals surface area contributed by atoms with Crippen molar-refractivity contribution >= 4 is 21.6 Å². The molecule has 1 aliphatic heterocycles. The number of hydrogen-bond acceptors (Lipinski definition) is 5. The van der Waals surface area contributed by atoms with Gasteiger partial charge < -0.3 is 4.42 Å². The fourth-order valence-corrected chi connectivity index (χ4v) is 4.74. The molecule has 0 N–H and O–H groups in total. The average molecular weight is 418 g/mol. The first-order valence-electron chi connectivity index (χ1n) is 9.00. The molecule has 1 aliphatic rings. The van der Waals surface area contributed by atoms with Crippen molar-refractivity contribution in [3.05, 3.63) is 71.7 Å². The Morgan fingerprint density at radius 3 is 2.32 bits per heavy atom. The topological polar surface area (TPSA) is 66.7 Å². The molecule has 0 amide bonds. The van der Waals surface area contributed by atoms with Crippen LogP contribution in [0.25, 0.3) is 11.3 Å². The van der Waals surface area contributed by atoms with E-state index in [1.54, 1.807) is 30.5 Å². The van der Waals surface area contributed by atoms with Crippen LogP contribution in [0.15, 0.2) is 70.1 Å². The number of sulfonamides is 1. The highest BCUT2D eigenvalue weighted by molar-refractivity contribution is 7.89. The van der Waals surface area contributed by atoms with Crippen LogP contribution in [0.5, 0.6) is 0 Å². The molecule has 0 atom stereocenters. The molecule has 0 bridgehead atoms. The van der Waals surface area contributed by atoms with E-state index < -0.39 is 10.0 Å². The molecule has 8 heteroatoms.